The minimum Gasteiger partial charge on any atom is -0.366 e. The van der Waals surface area contributed by atoms with Gasteiger partial charge in [0.05, 0.1) is 11.7 Å². The van der Waals surface area contributed by atoms with Gasteiger partial charge in [0, 0.05) is 23.7 Å². The van der Waals surface area contributed by atoms with Gasteiger partial charge < -0.3 is 5.32 Å². The van der Waals surface area contributed by atoms with Gasteiger partial charge >= 0.3 is 0 Å². The van der Waals surface area contributed by atoms with Gasteiger partial charge in [0.25, 0.3) is 5.56 Å². The molecule has 2 heterocycles. The summed E-state index contributed by atoms with van der Waals surface area (Å²) in [5.41, 5.74) is 0.989. The molecule has 0 radical (unpaired) electrons. The largest absolute Gasteiger partial charge is 0.366 e. The average molecular weight is 327 g/mol. The summed E-state index contributed by atoms with van der Waals surface area (Å²) < 4.78 is 1.62. The molecule has 6 heteroatoms. The van der Waals surface area contributed by atoms with Crippen molar-refractivity contribution in [3.05, 3.63) is 46.5 Å². The molecule has 0 aliphatic heterocycles. The van der Waals surface area contributed by atoms with Crippen LogP contribution in [0, 0.1) is 0 Å². The first-order valence-electron chi connectivity index (χ1n) is 8.58. The molecule has 3 rings (SSSR count). The molecular formula is C18H25N5O. The van der Waals surface area contributed by atoms with E-state index in [-0.39, 0.29) is 17.0 Å². The molecule has 24 heavy (non-hydrogen) atoms. The summed E-state index contributed by atoms with van der Waals surface area (Å²) in [4.78, 5) is 11.9. The maximum atomic E-state index is 11.9. The van der Waals surface area contributed by atoms with Crippen molar-refractivity contribution < 1.29 is 0 Å². The van der Waals surface area contributed by atoms with E-state index in [9.17, 15) is 4.79 Å². The molecular weight excluding hydrogens is 302 g/mol. The van der Waals surface area contributed by atoms with E-state index in [1.165, 1.54) is 0 Å². The minimum absolute atomic E-state index is 0.0134. The average Bonchev–Trinajstić information content (AvgIpc) is 2.56. The van der Waals surface area contributed by atoms with Gasteiger partial charge in [-0.1, -0.05) is 20.8 Å². The van der Waals surface area contributed by atoms with Crippen molar-refractivity contribution in [3.63, 3.8) is 0 Å². The quantitative estimate of drug-likeness (QED) is 0.938. The van der Waals surface area contributed by atoms with Gasteiger partial charge in [-0.2, -0.15) is 10.2 Å². The molecule has 0 bridgehead atoms. The van der Waals surface area contributed by atoms with E-state index in [4.69, 9.17) is 0 Å². The lowest BCUT2D eigenvalue weighted by Gasteiger charge is -2.29. The lowest BCUT2D eigenvalue weighted by molar-refractivity contribution is 0.303. The van der Waals surface area contributed by atoms with E-state index in [0.29, 0.717) is 6.04 Å². The van der Waals surface area contributed by atoms with Crippen LogP contribution in [0.15, 0.2) is 35.3 Å². The molecule has 2 aromatic heterocycles. The maximum Gasteiger partial charge on any atom is 0.266 e. The zero-order valence-corrected chi connectivity index (χ0v) is 14.6. The van der Waals surface area contributed by atoms with E-state index in [2.05, 4.69) is 41.4 Å². The summed E-state index contributed by atoms with van der Waals surface area (Å²) in [5.74, 6) is 0.821. The summed E-state index contributed by atoms with van der Waals surface area (Å²) >= 11 is 0. The Morgan fingerprint density at radius 1 is 1.08 bits per heavy atom. The number of anilines is 1. The first kappa shape index (κ1) is 16.6. The fraction of sp³-hybridized carbons (Fsp3) is 0.556. The lowest BCUT2D eigenvalue weighted by atomic mass is 9.91. The van der Waals surface area contributed by atoms with Crippen molar-refractivity contribution in [1.29, 1.82) is 0 Å². The van der Waals surface area contributed by atoms with Crippen LogP contribution in [0.2, 0.25) is 0 Å². The molecule has 0 unspecified atom stereocenters. The van der Waals surface area contributed by atoms with E-state index in [1.807, 2.05) is 12.1 Å². The van der Waals surface area contributed by atoms with Crippen LogP contribution >= 0.6 is 0 Å². The second-order valence-electron chi connectivity index (χ2n) is 7.51. The van der Waals surface area contributed by atoms with Crippen LogP contribution in [-0.4, -0.2) is 26.0 Å². The van der Waals surface area contributed by atoms with Crippen LogP contribution in [0.4, 0.5) is 5.82 Å². The Bertz CT molecular complexity index is 724. The van der Waals surface area contributed by atoms with Gasteiger partial charge in [-0.25, -0.2) is 4.68 Å². The van der Waals surface area contributed by atoms with Crippen molar-refractivity contribution in [2.75, 3.05) is 5.32 Å². The highest BCUT2D eigenvalue weighted by Gasteiger charge is 2.24. The van der Waals surface area contributed by atoms with E-state index in [1.54, 1.807) is 23.0 Å². The monoisotopic (exact) mass is 327 g/mol. The fourth-order valence-corrected chi connectivity index (χ4v) is 3.13. The second kappa shape index (κ2) is 6.71. The summed E-state index contributed by atoms with van der Waals surface area (Å²) in [5, 5.41) is 16.3. The number of hydrogen-bond donors (Lipinski definition) is 1. The zero-order chi connectivity index (χ0) is 17.2. The molecule has 1 fully saturated rings. The molecule has 1 aliphatic carbocycles. The first-order valence-corrected chi connectivity index (χ1v) is 8.58. The highest BCUT2D eigenvalue weighted by Crippen LogP contribution is 2.28. The van der Waals surface area contributed by atoms with Crippen LogP contribution in [-0.2, 0) is 5.41 Å². The molecule has 6 nitrogen and oxygen atoms in total. The maximum absolute atomic E-state index is 11.9. The molecule has 1 N–H and O–H groups in total. The molecule has 128 valence electrons. The molecule has 0 amide bonds. The molecule has 1 saturated carbocycles. The fourth-order valence-electron chi connectivity index (χ4n) is 3.13. The van der Waals surface area contributed by atoms with Gasteiger partial charge in [0.15, 0.2) is 0 Å². The highest BCUT2D eigenvalue weighted by molar-refractivity contribution is 5.35. The SMILES string of the molecule is CC(C)(C)c1ccc(NC2CCC(n3ncccc3=O)CC2)nn1. The number of nitrogens with zero attached hydrogens (tertiary/aromatic N) is 4. The Morgan fingerprint density at radius 2 is 1.83 bits per heavy atom. The Balaban J connectivity index is 1.58. The number of rotatable bonds is 3. The third kappa shape index (κ3) is 3.80. The third-order valence-electron chi connectivity index (χ3n) is 4.57. The van der Waals surface area contributed by atoms with Crippen LogP contribution in [0.1, 0.15) is 58.2 Å². The standard InChI is InChI=1S/C18H25N5O/c1-18(2,3)15-10-11-16(22-21-15)20-13-6-8-14(9-7-13)23-17(24)5-4-12-19-23/h4-5,10-14H,6-9H2,1-3H3,(H,20,22). The molecule has 2 aromatic rings. The molecule has 0 aromatic carbocycles. The van der Waals surface area contributed by atoms with Crippen LogP contribution < -0.4 is 10.9 Å². The van der Waals surface area contributed by atoms with Crippen LogP contribution in [0.25, 0.3) is 0 Å². The minimum atomic E-state index is -0.0162. The van der Waals surface area contributed by atoms with Gasteiger partial charge in [-0.15, -0.1) is 5.10 Å². The third-order valence-corrected chi connectivity index (χ3v) is 4.57. The molecule has 0 spiro atoms. The van der Waals surface area contributed by atoms with Crippen molar-refractivity contribution in [3.8, 4) is 0 Å². The molecule has 1 aliphatic rings. The molecule has 0 saturated heterocycles. The van der Waals surface area contributed by atoms with Crippen molar-refractivity contribution in [2.24, 2.45) is 0 Å². The molecule has 0 atom stereocenters. The smallest absolute Gasteiger partial charge is 0.266 e. The van der Waals surface area contributed by atoms with E-state index < -0.39 is 0 Å². The van der Waals surface area contributed by atoms with Gasteiger partial charge in [0.2, 0.25) is 0 Å². The summed E-state index contributed by atoms with van der Waals surface area (Å²) in [6, 6.07) is 7.87. The van der Waals surface area contributed by atoms with Gasteiger partial charge in [-0.3, -0.25) is 4.79 Å². The second-order valence-corrected chi connectivity index (χ2v) is 7.51. The predicted octanol–water partition coefficient (Wildman–Crippen LogP) is 2.93. The number of aromatic nitrogens is 4. The number of hydrogen-bond acceptors (Lipinski definition) is 5. The van der Waals surface area contributed by atoms with Crippen molar-refractivity contribution >= 4 is 5.82 Å². The van der Waals surface area contributed by atoms with Crippen LogP contribution in [0.3, 0.4) is 0 Å². The summed E-state index contributed by atoms with van der Waals surface area (Å²) in [6.45, 7) is 6.39. The topological polar surface area (TPSA) is 72.7 Å². The first-order chi connectivity index (χ1) is 11.4. The Morgan fingerprint density at radius 3 is 2.42 bits per heavy atom. The van der Waals surface area contributed by atoms with E-state index >= 15 is 0 Å². The predicted molar refractivity (Wildman–Crippen MR) is 94.1 cm³/mol. The Kier molecular flexibility index (Phi) is 4.64. The van der Waals surface area contributed by atoms with Gasteiger partial charge in [0.1, 0.15) is 5.82 Å². The zero-order valence-electron chi connectivity index (χ0n) is 14.6. The summed E-state index contributed by atoms with van der Waals surface area (Å²) in [7, 11) is 0. The van der Waals surface area contributed by atoms with Crippen molar-refractivity contribution in [1.82, 2.24) is 20.0 Å². The van der Waals surface area contributed by atoms with Crippen molar-refractivity contribution in [2.45, 2.75) is 64.0 Å². The van der Waals surface area contributed by atoms with Gasteiger partial charge in [-0.05, 0) is 43.9 Å². The Labute approximate surface area is 142 Å². The Hall–Kier alpha value is -2.24. The highest BCUT2D eigenvalue weighted by atomic mass is 16.1. The normalized spacial score (nSPS) is 21.5. The lowest BCUT2D eigenvalue weighted by Crippen LogP contribution is -2.33. The van der Waals surface area contributed by atoms with E-state index in [0.717, 1.165) is 37.2 Å². The van der Waals surface area contributed by atoms with Crippen LogP contribution in [0.5, 0.6) is 0 Å². The summed E-state index contributed by atoms with van der Waals surface area (Å²) in [6.07, 6.45) is 5.56. The number of nitrogens with one attached hydrogen (secondary N) is 1.